The number of rotatable bonds is 1. The number of anilines is 1. The molecule has 2 atom stereocenters. The van der Waals surface area contributed by atoms with E-state index >= 15 is 0 Å². The predicted octanol–water partition coefficient (Wildman–Crippen LogP) is 5.81. The minimum Gasteiger partial charge on any atom is -0.344 e. The Balaban J connectivity index is 0.000000495. The van der Waals surface area contributed by atoms with Crippen LogP contribution in [0, 0.1) is 11.8 Å². The molecule has 0 radical (unpaired) electrons. The van der Waals surface area contributed by atoms with Gasteiger partial charge in [0.05, 0.1) is 44.0 Å². The average molecular weight is 389 g/mol. The van der Waals surface area contributed by atoms with Gasteiger partial charge < -0.3 is 9.38 Å². The van der Waals surface area contributed by atoms with Gasteiger partial charge in [-0.15, -0.1) is 0 Å². The van der Waals surface area contributed by atoms with E-state index < -0.39 is 0 Å². The first kappa shape index (κ1) is 20.6. The largest absolute Gasteiger partial charge is 0.344 e. The maximum atomic E-state index is 4.77. The van der Waals surface area contributed by atoms with E-state index in [1.54, 1.807) is 11.5 Å². The number of nitrogens with zero attached hydrogens (tertiary/aromatic N) is 3. The molecule has 1 saturated carbocycles. The molecule has 3 nitrogen and oxygen atoms in total. The summed E-state index contributed by atoms with van der Waals surface area (Å²) < 4.78 is 7.50. The lowest BCUT2D eigenvalue weighted by atomic mass is 9.82. The number of piperazine rings is 1. The van der Waals surface area contributed by atoms with Crippen molar-refractivity contribution in [2.45, 2.75) is 53.4 Å². The van der Waals surface area contributed by atoms with Crippen LogP contribution in [-0.2, 0) is 0 Å². The summed E-state index contributed by atoms with van der Waals surface area (Å²) in [6, 6.07) is 8.69. The molecule has 27 heavy (non-hydrogen) atoms. The number of aromatic nitrogens is 1. The van der Waals surface area contributed by atoms with Crippen LogP contribution in [0.15, 0.2) is 24.3 Å². The topological polar surface area (TPSA) is 16.1 Å². The van der Waals surface area contributed by atoms with Crippen LogP contribution in [0.4, 0.5) is 5.82 Å². The smallest absolute Gasteiger partial charge is 0.150 e. The molecule has 0 amide bonds. The van der Waals surface area contributed by atoms with Crippen LogP contribution in [0.2, 0.25) is 0 Å². The third-order valence-corrected chi connectivity index (χ3v) is 7.47. The standard InChI is InChI=1S/C19H26N3S.2C2H6/c1-2-6-16-14-22(13-15(16)5-1)11-9-21(10-12-22)19-17-7-3-4-8-18(17)23-20-19;2*1-2/h3-4,7-8,15-16H,1-2,5-6,9-14H2;2*1-2H3/q+1;;/t15-,16?;;/m0../s1. The third-order valence-electron chi connectivity index (χ3n) is 6.66. The fourth-order valence-electron chi connectivity index (χ4n) is 5.40. The second kappa shape index (κ2) is 9.38. The molecule has 3 fully saturated rings. The first-order valence-electron chi connectivity index (χ1n) is 11.3. The lowest BCUT2D eigenvalue weighted by molar-refractivity contribution is -0.919. The van der Waals surface area contributed by atoms with Crippen molar-refractivity contribution in [3.63, 3.8) is 0 Å². The highest BCUT2D eigenvalue weighted by Crippen LogP contribution is 2.41. The van der Waals surface area contributed by atoms with Gasteiger partial charge in [-0.05, 0) is 36.5 Å². The summed E-state index contributed by atoms with van der Waals surface area (Å²) in [6.45, 7) is 16.0. The Bertz CT molecular complexity index is 686. The molecule has 2 saturated heterocycles. The van der Waals surface area contributed by atoms with E-state index in [9.17, 15) is 0 Å². The fourth-order valence-corrected chi connectivity index (χ4v) is 6.20. The molecule has 5 rings (SSSR count). The third kappa shape index (κ3) is 4.17. The van der Waals surface area contributed by atoms with Gasteiger partial charge >= 0.3 is 0 Å². The number of benzene rings is 1. The van der Waals surface area contributed by atoms with Crippen molar-refractivity contribution in [2.75, 3.05) is 44.2 Å². The number of hydrogen-bond acceptors (Lipinski definition) is 3. The molecule has 2 aromatic rings. The zero-order chi connectivity index (χ0) is 19.3. The molecular weight excluding hydrogens is 350 g/mol. The second-order valence-corrected chi connectivity index (χ2v) is 8.75. The van der Waals surface area contributed by atoms with Gasteiger partial charge in [0.25, 0.3) is 0 Å². The minimum absolute atomic E-state index is 1.04. The van der Waals surface area contributed by atoms with Gasteiger partial charge in [0.2, 0.25) is 0 Å². The van der Waals surface area contributed by atoms with E-state index in [0.717, 1.165) is 11.8 Å². The molecule has 150 valence electrons. The van der Waals surface area contributed by atoms with E-state index in [1.807, 2.05) is 27.7 Å². The van der Waals surface area contributed by atoms with E-state index in [4.69, 9.17) is 4.37 Å². The Morgan fingerprint density at radius 3 is 2.15 bits per heavy atom. The Morgan fingerprint density at radius 1 is 0.926 bits per heavy atom. The van der Waals surface area contributed by atoms with Crippen molar-refractivity contribution in [3.8, 4) is 0 Å². The summed E-state index contributed by atoms with van der Waals surface area (Å²) in [6.07, 6.45) is 5.98. The lowest BCUT2D eigenvalue weighted by Gasteiger charge is -2.42. The lowest BCUT2D eigenvalue weighted by Crippen LogP contribution is -2.58. The van der Waals surface area contributed by atoms with Gasteiger partial charge in [-0.1, -0.05) is 52.7 Å². The Hall–Kier alpha value is -1.13. The average Bonchev–Trinajstić information content (AvgIpc) is 3.33. The summed E-state index contributed by atoms with van der Waals surface area (Å²) in [5.74, 6) is 3.31. The summed E-state index contributed by atoms with van der Waals surface area (Å²) >= 11 is 1.65. The molecule has 1 spiro atoms. The van der Waals surface area contributed by atoms with Gasteiger partial charge in [0.15, 0.2) is 5.82 Å². The van der Waals surface area contributed by atoms with E-state index in [-0.39, 0.29) is 0 Å². The molecule has 2 aliphatic heterocycles. The fraction of sp³-hybridized carbons (Fsp3) is 0.696. The number of hydrogen-bond donors (Lipinski definition) is 0. The molecule has 3 aliphatic rings. The van der Waals surface area contributed by atoms with Crippen molar-refractivity contribution in [2.24, 2.45) is 11.8 Å². The molecule has 1 unspecified atom stereocenters. The number of fused-ring (bicyclic) bond motifs is 2. The van der Waals surface area contributed by atoms with Crippen LogP contribution in [0.25, 0.3) is 10.1 Å². The van der Waals surface area contributed by atoms with Crippen LogP contribution in [0.5, 0.6) is 0 Å². The zero-order valence-electron chi connectivity index (χ0n) is 17.8. The van der Waals surface area contributed by atoms with Crippen molar-refractivity contribution in [3.05, 3.63) is 24.3 Å². The Morgan fingerprint density at radius 2 is 1.52 bits per heavy atom. The molecule has 3 heterocycles. The van der Waals surface area contributed by atoms with Gasteiger partial charge in [-0.2, -0.15) is 4.37 Å². The van der Waals surface area contributed by atoms with Crippen molar-refractivity contribution in [1.29, 1.82) is 0 Å². The normalized spacial score (nSPS) is 26.0. The first-order chi connectivity index (χ1) is 13.3. The Kier molecular flexibility index (Phi) is 7.16. The maximum Gasteiger partial charge on any atom is 0.150 e. The van der Waals surface area contributed by atoms with E-state index in [2.05, 4.69) is 29.2 Å². The molecule has 4 heteroatoms. The minimum atomic E-state index is 1.04. The maximum absolute atomic E-state index is 4.77. The quantitative estimate of drug-likeness (QED) is 0.573. The SMILES string of the molecule is CC.CC.c1ccc2c(N3CC[N+]4(CC3)CC3CCCC[C@H]3C4)nsc2c1. The zero-order valence-corrected chi connectivity index (χ0v) is 18.6. The predicted molar refractivity (Wildman–Crippen MR) is 120 cm³/mol. The molecule has 0 N–H and O–H groups in total. The molecular formula is C23H38N3S+. The van der Waals surface area contributed by atoms with Crippen LogP contribution in [0.1, 0.15) is 53.4 Å². The molecule has 1 aromatic heterocycles. The molecule has 1 aliphatic carbocycles. The van der Waals surface area contributed by atoms with Gasteiger partial charge in [-0.25, -0.2) is 0 Å². The van der Waals surface area contributed by atoms with Crippen molar-refractivity contribution >= 4 is 27.4 Å². The highest BCUT2D eigenvalue weighted by atomic mass is 32.1. The Labute approximate surface area is 170 Å². The van der Waals surface area contributed by atoms with Crippen molar-refractivity contribution in [1.82, 2.24) is 4.37 Å². The highest BCUT2D eigenvalue weighted by molar-refractivity contribution is 7.13. The highest BCUT2D eigenvalue weighted by Gasteiger charge is 2.47. The van der Waals surface area contributed by atoms with Crippen LogP contribution in [0.3, 0.4) is 0 Å². The molecule has 0 bridgehead atoms. The summed E-state index contributed by atoms with van der Waals surface area (Å²) in [5, 5.41) is 1.35. The van der Waals surface area contributed by atoms with E-state index in [0.29, 0.717) is 0 Å². The monoisotopic (exact) mass is 388 g/mol. The number of quaternary nitrogens is 1. The first-order valence-corrected chi connectivity index (χ1v) is 12.0. The van der Waals surface area contributed by atoms with Crippen LogP contribution < -0.4 is 4.90 Å². The second-order valence-electron chi connectivity index (χ2n) is 7.95. The van der Waals surface area contributed by atoms with Gasteiger partial charge in [0.1, 0.15) is 0 Å². The van der Waals surface area contributed by atoms with E-state index in [1.165, 1.54) is 85.3 Å². The van der Waals surface area contributed by atoms with Gasteiger partial charge in [-0.3, -0.25) is 0 Å². The van der Waals surface area contributed by atoms with Crippen molar-refractivity contribution < 1.29 is 4.48 Å². The summed E-state index contributed by atoms with van der Waals surface area (Å²) in [5.41, 5.74) is 0. The van der Waals surface area contributed by atoms with Crippen LogP contribution >= 0.6 is 11.5 Å². The summed E-state index contributed by atoms with van der Waals surface area (Å²) in [4.78, 5) is 2.55. The van der Waals surface area contributed by atoms with Crippen LogP contribution in [-0.4, -0.2) is 48.1 Å². The van der Waals surface area contributed by atoms with Gasteiger partial charge in [0, 0.05) is 17.2 Å². The molecule has 1 aromatic carbocycles. The summed E-state index contributed by atoms with van der Waals surface area (Å²) in [7, 11) is 0.